The van der Waals surface area contributed by atoms with E-state index in [1.165, 1.54) is 5.56 Å². The summed E-state index contributed by atoms with van der Waals surface area (Å²) in [4.78, 5) is 16.9. The van der Waals surface area contributed by atoms with Gasteiger partial charge in [0.1, 0.15) is 18.1 Å². The van der Waals surface area contributed by atoms with E-state index in [2.05, 4.69) is 24.0 Å². The molecule has 0 aromatic heterocycles. The Morgan fingerprint density at radius 1 is 1.00 bits per heavy atom. The summed E-state index contributed by atoms with van der Waals surface area (Å²) in [6, 6.07) is 15.6. The second kappa shape index (κ2) is 9.42. The molecule has 0 saturated carbocycles. The average molecular weight is 368 g/mol. The Balaban J connectivity index is 1.42. The molecule has 0 N–H and O–H groups in total. The van der Waals surface area contributed by atoms with E-state index in [1.807, 2.05) is 35.2 Å². The lowest BCUT2D eigenvalue weighted by atomic mass is 10.1. The Labute approximate surface area is 161 Å². The van der Waals surface area contributed by atoms with Crippen LogP contribution in [0.1, 0.15) is 22.8 Å². The summed E-state index contributed by atoms with van der Waals surface area (Å²) in [6.45, 7) is 6.89. The molecule has 1 saturated heterocycles. The minimum Gasteiger partial charge on any atom is -0.497 e. The Kier molecular flexibility index (Phi) is 6.71. The highest BCUT2D eigenvalue weighted by atomic mass is 16.5. The number of carbonyl (C=O) groups excluding carboxylic acids is 1. The van der Waals surface area contributed by atoms with Gasteiger partial charge in [0.2, 0.25) is 0 Å². The van der Waals surface area contributed by atoms with E-state index in [-0.39, 0.29) is 5.91 Å². The van der Waals surface area contributed by atoms with Gasteiger partial charge < -0.3 is 14.4 Å². The molecule has 5 heteroatoms. The van der Waals surface area contributed by atoms with Crippen molar-refractivity contribution < 1.29 is 14.3 Å². The third-order valence-electron chi connectivity index (χ3n) is 4.98. The minimum atomic E-state index is 0.0702. The normalized spacial score (nSPS) is 14.8. The molecule has 0 radical (unpaired) electrons. The van der Waals surface area contributed by atoms with Crippen molar-refractivity contribution in [3.8, 4) is 11.5 Å². The van der Waals surface area contributed by atoms with E-state index in [9.17, 15) is 4.79 Å². The van der Waals surface area contributed by atoms with Gasteiger partial charge in [-0.3, -0.25) is 9.69 Å². The summed E-state index contributed by atoms with van der Waals surface area (Å²) in [7, 11) is 1.61. The van der Waals surface area contributed by atoms with Crippen LogP contribution in [0.5, 0.6) is 11.5 Å². The first-order valence-electron chi connectivity index (χ1n) is 9.57. The second-order valence-electron chi connectivity index (χ2n) is 6.71. The van der Waals surface area contributed by atoms with Gasteiger partial charge in [0.25, 0.3) is 5.91 Å². The van der Waals surface area contributed by atoms with Gasteiger partial charge in [0.05, 0.1) is 7.11 Å². The number of carbonyl (C=O) groups is 1. The zero-order chi connectivity index (χ0) is 19.1. The van der Waals surface area contributed by atoms with E-state index in [4.69, 9.17) is 9.47 Å². The van der Waals surface area contributed by atoms with Crippen LogP contribution in [0.2, 0.25) is 0 Å². The first-order valence-corrected chi connectivity index (χ1v) is 9.57. The summed E-state index contributed by atoms with van der Waals surface area (Å²) in [5, 5.41) is 0. The van der Waals surface area contributed by atoms with Crippen molar-refractivity contribution in [1.29, 1.82) is 0 Å². The topological polar surface area (TPSA) is 42.0 Å². The number of nitrogens with zero attached hydrogens (tertiary/aromatic N) is 2. The number of hydrogen-bond acceptors (Lipinski definition) is 4. The lowest BCUT2D eigenvalue weighted by Gasteiger charge is -2.34. The van der Waals surface area contributed by atoms with Crippen molar-refractivity contribution in [3.63, 3.8) is 0 Å². The van der Waals surface area contributed by atoms with E-state index < -0.39 is 0 Å². The number of amides is 1. The van der Waals surface area contributed by atoms with Crippen LogP contribution in [0.4, 0.5) is 0 Å². The molecule has 0 bridgehead atoms. The van der Waals surface area contributed by atoms with Crippen LogP contribution >= 0.6 is 0 Å². The van der Waals surface area contributed by atoms with Crippen LogP contribution < -0.4 is 9.47 Å². The molecular weight excluding hydrogens is 340 g/mol. The van der Waals surface area contributed by atoms with Crippen LogP contribution in [-0.4, -0.2) is 62.1 Å². The van der Waals surface area contributed by atoms with Crippen molar-refractivity contribution in [2.45, 2.75) is 13.3 Å². The minimum absolute atomic E-state index is 0.0702. The van der Waals surface area contributed by atoms with Crippen LogP contribution in [-0.2, 0) is 6.42 Å². The molecule has 0 atom stereocenters. The monoisotopic (exact) mass is 368 g/mol. The smallest absolute Gasteiger partial charge is 0.254 e. The molecule has 3 rings (SSSR count). The highest BCUT2D eigenvalue weighted by Crippen LogP contribution is 2.16. The molecule has 0 spiro atoms. The molecule has 5 nitrogen and oxygen atoms in total. The Hall–Kier alpha value is -2.53. The fourth-order valence-electron chi connectivity index (χ4n) is 3.23. The molecule has 0 aliphatic carbocycles. The Morgan fingerprint density at radius 3 is 2.41 bits per heavy atom. The van der Waals surface area contributed by atoms with Gasteiger partial charge in [-0.2, -0.15) is 0 Å². The molecule has 1 aliphatic rings. The molecule has 1 aliphatic heterocycles. The number of hydrogen-bond donors (Lipinski definition) is 0. The van der Waals surface area contributed by atoms with Gasteiger partial charge in [-0.15, -0.1) is 0 Å². The number of benzene rings is 2. The van der Waals surface area contributed by atoms with Gasteiger partial charge in [-0.05, 0) is 42.3 Å². The molecule has 2 aromatic rings. The lowest BCUT2D eigenvalue weighted by Crippen LogP contribution is -2.49. The van der Waals surface area contributed by atoms with Crippen LogP contribution in [0.3, 0.4) is 0 Å². The maximum Gasteiger partial charge on any atom is 0.254 e. The summed E-state index contributed by atoms with van der Waals surface area (Å²) >= 11 is 0. The van der Waals surface area contributed by atoms with E-state index in [0.29, 0.717) is 17.9 Å². The zero-order valence-electron chi connectivity index (χ0n) is 16.2. The zero-order valence-corrected chi connectivity index (χ0v) is 16.2. The van der Waals surface area contributed by atoms with Gasteiger partial charge in [-0.1, -0.05) is 25.1 Å². The second-order valence-corrected chi connectivity index (χ2v) is 6.71. The lowest BCUT2D eigenvalue weighted by molar-refractivity contribution is 0.0620. The highest BCUT2D eigenvalue weighted by molar-refractivity contribution is 5.94. The molecule has 2 aromatic carbocycles. The first kappa shape index (κ1) is 19.2. The summed E-state index contributed by atoms with van der Waals surface area (Å²) < 4.78 is 11.1. The number of methoxy groups -OCH3 is 1. The predicted molar refractivity (Wildman–Crippen MR) is 107 cm³/mol. The predicted octanol–water partition coefficient (Wildman–Crippen LogP) is 3.09. The molecule has 1 fully saturated rings. The SMILES string of the molecule is CCc1ccc(OCCN2CCN(C(=O)c3cccc(OC)c3)CC2)cc1. The third kappa shape index (κ3) is 5.23. The van der Waals surface area contributed by atoms with Crippen molar-refractivity contribution in [1.82, 2.24) is 9.80 Å². The maximum atomic E-state index is 12.7. The van der Waals surface area contributed by atoms with Crippen molar-refractivity contribution in [2.24, 2.45) is 0 Å². The maximum absolute atomic E-state index is 12.7. The molecule has 27 heavy (non-hydrogen) atoms. The fourth-order valence-corrected chi connectivity index (χ4v) is 3.23. The van der Waals surface area contributed by atoms with Crippen molar-refractivity contribution in [2.75, 3.05) is 46.4 Å². The number of aryl methyl sites for hydroxylation is 1. The quantitative estimate of drug-likeness (QED) is 0.753. The van der Waals surface area contributed by atoms with Gasteiger partial charge in [-0.25, -0.2) is 0 Å². The Morgan fingerprint density at radius 2 is 1.74 bits per heavy atom. The van der Waals surface area contributed by atoms with Crippen molar-refractivity contribution in [3.05, 3.63) is 59.7 Å². The first-order chi connectivity index (χ1) is 13.2. The van der Waals surface area contributed by atoms with Gasteiger partial charge in [0.15, 0.2) is 0 Å². The molecule has 144 valence electrons. The standard InChI is InChI=1S/C22H28N2O3/c1-3-18-7-9-20(10-8-18)27-16-15-23-11-13-24(14-12-23)22(25)19-5-4-6-21(17-19)26-2/h4-10,17H,3,11-16H2,1-2H3. The summed E-state index contributed by atoms with van der Waals surface area (Å²) in [5.74, 6) is 1.70. The van der Waals surface area contributed by atoms with Crippen LogP contribution in [0.15, 0.2) is 48.5 Å². The van der Waals surface area contributed by atoms with E-state index in [1.54, 1.807) is 13.2 Å². The third-order valence-corrected chi connectivity index (χ3v) is 4.98. The summed E-state index contributed by atoms with van der Waals surface area (Å²) in [6.07, 6.45) is 1.04. The largest absolute Gasteiger partial charge is 0.497 e. The number of ether oxygens (including phenoxy) is 2. The fraction of sp³-hybridized carbons (Fsp3) is 0.409. The highest BCUT2D eigenvalue weighted by Gasteiger charge is 2.22. The Bertz CT molecular complexity index is 737. The van der Waals surface area contributed by atoms with Gasteiger partial charge in [0, 0.05) is 38.3 Å². The number of piperazine rings is 1. The molecular formula is C22H28N2O3. The average Bonchev–Trinajstić information content (AvgIpc) is 2.74. The van der Waals surface area contributed by atoms with Gasteiger partial charge >= 0.3 is 0 Å². The van der Waals surface area contributed by atoms with E-state index in [0.717, 1.165) is 44.9 Å². The summed E-state index contributed by atoms with van der Waals surface area (Å²) in [5.41, 5.74) is 2.00. The molecule has 0 unspecified atom stereocenters. The number of rotatable bonds is 7. The van der Waals surface area contributed by atoms with E-state index >= 15 is 0 Å². The van der Waals surface area contributed by atoms with Crippen LogP contribution in [0, 0.1) is 0 Å². The van der Waals surface area contributed by atoms with Crippen molar-refractivity contribution >= 4 is 5.91 Å². The van der Waals surface area contributed by atoms with Crippen LogP contribution in [0.25, 0.3) is 0 Å². The molecule has 1 amide bonds. The molecule has 1 heterocycles.